The number of thioether (sulfide) groups is 1. The first-order valence-electron chi connectivity index (χ1n) is 9.06. The van der Waals surface area contributed by atoms with E-state index in [2.05, 4.69) is 4.98 Å². The van der Waals surface area contributed by atoms with Gasteiger partial charge in [-0.2, -0.15) is 4.31 Å². The zero-order chi connectivity index (χ0) is 20.2. The maximum atomic E-state index is 12.8. The number of sulfonamides is 1. The smallest absolute Gasteiger partial charge is 0.316 e. The molecule has 0 saturated carbocycles. The summed E-state index contributed by atoms with van der Waals surface area (Å²) in [6, 6.07) is 5.13. The molecule has 0 radical (unpaired) electrons. The molecule has 7 nitrogen and oxygen atoms in total. The van der Waals surface area contributed by atoms with Crippen molar-refractivity contribution in [2.75, 3.05) is 25.4 Å². The summed E-state index contributed by atoms with van der Waals surface area (Å²) in [6.45, 7) is 10.6. The second-order valence-electron chi connectivity index (χ2n) is 6.19. The highest BCUT2D eigenvalue weighted by atomic mass is 32.2. The summed E-state index contributed by atoms with van der Waals surface area (Å²) in [5.41, 5.74) is 1.44. The van der Waals surface area contributed by atoms with Gasteiger partial charge in [-0.25, -0.2) is 13.4 Å². The van der Waals surface area contributed by atoms with Crippen LogP contribution in [0.1, 0.15) is 40.7 Å². The average Bonchev–Trinajstić information content (AvgIpc) is 2.98. The van der Waals surface area contributed by atoms with E-state index in [-0.39, 0.29) is 22.7 Å². The van der Waals surface area contributed by atoms with Crippen LogP contribution in [0.5, 0.6) is 0 Å². The van der Waals surface area contributed by atoms with Crippen LogP contribution in [0.3, 0.4) is 0 Å². The molecule has 0 fully saturated rings. The van der Waals surface area contributed by atoms with Gasteiger partial charge in [0.2, 0.25) is 10.0 Å². The summed E-state index contributed by atoms with van der Waals surface area (Å²) in [6.07, 6.45) is 0. The van der Waals surface area contributed by atoms with Crippen LogP contribution in [-0.2, 0) is 19.6 Å². The minimum Gasteiger partial charge on any atom is -0.465 e. The van der Waals surface area contributed by atoms with E-state index in [4.69, 9.17) is 4.74 Å². The molecule has 150 valence electrons. The standard InChI is InChI=1S/C18H27N3O4S2/c1-6-20(7-2)27(23,24)14-9-10-16-15(11-14)19-18(21(16)13(4)5)26-12-17(22)25-8-3/h9-11,13H,6-8,12H2,1-5H3. The molecule has 0 aliphatic carbocycles. The van der Waals surface area contributed by atoms with Crippen molar-refractivity contribution in [3.05, 3.63) is 18.2 Å². The van der Waals surface area contributed by atoms with E-state index in [1.165, 1.54) is 16.1 Å². The van der Waals surface area contributed by atoms with Crippen LogP contribution in [-0.4, -0.2) is 53.7 Å². The highest BCUT2D eigenvalue weighted by Crippen LogP contribution is 2.30. The molecule has 1 aromatic carbocycles. The number of fused-ring (bicyclic) bond motifs is 1. The second kappa shape index (κ2) is 9.07. The topological polar surface area (TPSA) is 81.5 Å². The molecule has 27 heavy (non-hydrogen) atoms. The van der Waals surface area contributed by atoms with Gasteiger partial charge in [0, 0.05) is 19.1 Å². The predicted octanol–water partition coefficient (Wildman–Crippen LogP) is 3.30. The van der Waals surface area contributed by atoms with Crippen LogP contribution in [0, 0.1) is 0 Å². The Labute approximate surface area is 165 Å². The van der Waals surface area contributed by atoms with Gasteiger partial charge in [-0.15, -0.1) is 0 Å². The molecule has 2 aromatic rings. The van der Waals surface area contributed by atoms with E-state index in [1.54, 1.807) is 25.1 Å². The Kier molecular flexibility index (Phi) is 7.30. The van der Waals surface area contributed by atoms with Crippen molar-refractivity contribution in [3.8, 4) is 0 Å². The zero-order valence-electron chi connectivity index (χ0n) is 16.4. The molecule has 0 unspecified atom stereocenters. The fraction of sp³-hybridized carbons (Fsp3) is 0.556. The Morgan fingerprint density at radius 1 is 1.26 bits per heavy atom. The molecule has 0 saturated heterocycles. The Bertz CT molecular complexity index is 903. The SMILES string of the molecule is CCOC(=O)CSc1nc2cc(S(=O)(=O)N(CC)CC)ccc2n1C(C)C. The van der Waals surface area contributed by atoms with Gasteiger partial charge < -0.3 is 9.30 Å². The Balaban J connectivity index is 2.46. The number of carbonyl (C=O) groups is 1. The third-order valence-electron chi connectivity index (χ3n) is 4.11. The first-order valence-corrected chi connectivity index (χ1v) is 11.5. The number of rotatable bonds is 9. The van der Waals surface area contributed by atoms with Gasteiger partial charge in [0.05, 0.1) is 28.3 Å². The Morgan fingerprint density at radius 3 is 2.48 bits per heavy atom. The molecule has 9 heteroatoms. The molecule has 2 rings (SSSR count). The minimum atomic E-state index is -3.55. The minimum absolute atomic E-state index is 0.116. The van der Waals surface area contributed by atoms with Crippen LogP contribution in [0.4, 0.5) is 0 Å². The molecule has 1 heterocycles. The van der Waals surface area contributed by atoms with Gasteiger partial charge in [-0.3, -0.25) is 4.79 Å². The summed E-state index contributed by atoms with van der Waals surface area (Å²) in [7, 11) is -3.55. The fourth-order valence-corrected chi connectivity index (χ4v) is 5.28. The number of nitrogens with zero attached hydrogens (tertiary/aromatic N) is 3. The number of imidazole rings is 1. The molecule has 0 bridgehead atoms. The molecule has 0 amide bonds. The van der Waals surface area contributed by atoms with E-state index >= 15 is 0 Å². The molecular formula is C18H27N3O4S2. The van der Waals surface area contributed by atoms with Gasteiger partial charge in [0.25, 0.3) is 0 Å². The van der Waals surface area contributed by atoms with Crippen molar-refractivity contribution in [1.29, 1.82) is 0 Å². The van der Waals surface area contributed by atoms with Crippen molar-refractivity contribution in [2.24, 2.45) is 0 Å². The van der Waals surface area contributed by atoms with E-state index in [9.17, 15) is 13.2 Å². The van der Waals surface area contributed by atoms with E-state index in [0.29, 0.717) is 30.4 Å². The summed E-state index contributed by atoms with van der Waals surface area (Å²) in [5, 5.41) is 0.672. The summed E-state index contributed by atoms with van der Waals surface area (Å²) in [5.74, 6) is -0.135. The molecule has 0 aliphatic rings. The van der Waals surface area contributed by atoms with Crippen molar-refractivity contribution >= 4 is 38.8 Å². The lowest BCUT2D eigenvalue weighted by molar-refractivity contribution is -0.139. The number of hydrogen-bond acceptors (Lipinski definition) is 6. The highest BCUT2D eigenvalue weighted by molar-refractivity contribution is 7.99. The van der Waals surface area contributed by atoms with Crippen molar-refractivity contribution < 1.29 is 17.9 Å². The van der Waals surface area contributed by atoms with E-state index in [0.717, 1.165) is 5.52 Å². The monoisotopic (exact) mass is 413 g/mol. The normalized spacial score (nSPS) is 12.3. The first kappa shape index (κ1) is 21.7. The second-order valence-corrected chi connectivity index (χ2v) is 9.07. The molecular weight excluding hydrogens is 386 g/mol. The quantitative estimate of drug-likeness (QED) is 0.463. The summed E-state index contributed by atoms with van der Waals surface area (Å²) >= 11 is 1.30. The number of benzene rings is 1. The van der Waals surface area contributed by atoms with Gasteiger partial charge >= 0.3 is 5.97 Å². The largest absolute Gasteiger partial charge is 0.465 e. The number of hydrogen-bond donors (Lipinski definition) is 0. The summed E-state index contributed by atoms with van der Waals surface area (Å²) in [4.78, 5) is 16.5. The number of aromatic nitrogens is 2. The molecule has 0 N–H and O–H groups in total. The van der Waals surface area contributed by atoms with E-state index < -0.39 is 10.0 Å². The van der Waals surface area contributed by atoms with Crippen LogP contribution in [0.15, 0.2) is 28.3 Å². The number of esters is 1. The van der Waals surface area contributed by atoms with Crippen LogP contribution < -0.4 is 0 Å². The maximum absolute atomic E-state index is 12.8. The third-order valence-corrected chi connectivity index (χ3v) is 7.08. The lowest BCUT2D eigenvalue weighted by Crippen LogP contribution is -2.30. The van der Waals surface area contributed by atoms with Crippen LogP contribution >= 0.6 is 11.8 Å². The van der Waals surface area contributed by atoms with Gasteiger partial charge in [0.15, 0.2) is 5.16 Å². The molecule has 0 aliphatic heterocycles. The summed E-state index contributed by atoms with van der Waals surface area (Å²) < 4.78 is 34.0. The van der Waals surface area contributed by atoms with Crippen LogP contribution in [0.25, 0.3) is 11.0 Å². The van der Waals surface area contributed by atoms with Gasteiger partial charge in [-0.05, 0) is 39.0 Å². The van der Waals surface area contributed by atoms with Crippen molar-refractivity contribution in [3.63, 3.8) is 0 Å². The molecule has 0 spiro atoms. The Morgan fingerprint density at radius 2 is 1.93 bits per heavy atom. The average molecular weight is 414 g/mol. The third kappa shape index (κ3) is 4.64. The predicted molar refractivity (Wildman–Crippen MR) is 108 cm³/mol. The lowest BCUT2D eigenvalue weighted by atomic mass is 10.3. The lowest BCUT2D eigenvalue weighted by Gasteiger charge is -2.18. The fourth-order valence-electron chi connectivity index (χ4n) is 2.86. The van der Waals surface area contributed by atoms with E-state index in [1.807, 2.05) is 32.3 Å². The first-order chi connectivity index (χ1) is 12.8. The molecule has 0 atom stereocenters. The zero-order valence-corrected chi connectivity index (χ0v) is 18.1. The Hall–Kier alpha value is -1.58. The molecule has 1 aromatic heterocycles. The van der Waals surface area contributed by atoms with Crippen molar-refractivity contribution in [1.82, 2.24) is 13.9 Å². The van der Waals surface area contributed by atoms with Crippen molar-refractivity contribution in [2.45, 2.75) is 50.7 Å². The van der Waals surface area contributed by atoms with Crippen LogP contribution in [0.2, 0.25) is 0 Å². The van der Waals surface area contributed by atoms with Gasteiger partial charge in [0.1, 0.15) is 0 Å². The number of carbonyl (C=O) groups excluding carboxylic acids is 1. The number of ether oxygens (including phenoxy) is 1. The highest BCUT2D eigenvalue weighted by Gasteiger charge is 2.23. The maximum Gasteiger partial charge on any atom is 0.316 e. The van der Waals surface area contributed by atoms with Gasteiger partial charge in [-0.1, -0.05) is 25.6 Å².